The summed E-state index contributed by atoms with van der Waals surface area (Å²) in [7, 11) is 3.25. The van der Waals surface area contributed by atoms with Crippen LogP contribution < -0.4 is 14.8 Å². The van der Waals surface area contributed by atoms with Gasteiger partial charge in [-0.3, -0.25) is 14.3 Å². The van der Waals surface area contributed by atoms with Gasteiger partial charge < -0.3 is 14.8 Å². The number of methoxy groups -OCH3 is 2. The minimum Gasteiger partial charge on any atom is -0.493 e. The number of carbonyl (C=O) groups excluding carboxylic acids is 2. The molecule has 32 heavy (non-hydrogen) atoms. The van der Waals surface area contributed by atoms with Gasteiger partial charge in [-0.1, -0.05) is 31.0 Å². The summed E-state index contributed by atoms with van der Waals surface area (Å²) in [5.41, 5.74) is 0.937. The molecule has 1 aromatic heterocycles. The smallest absolute Gasteiger partial charge is 0.324 e. The Hall–Kier alpha value is -2.75. The molecule has 4 rings (SSSR count). The van der Waals surface area contributed by atoms with E-state index < -0.39 is 0 Å². The third kappa shape index (κ3) is 4.69. The number of benzene rings is 1. The minimum atomic E-state index is -0.305. The third-order valence-electron chi connectivity index (χ3n) is 5.94. The Bertz CT molecular complexity index is 957. The van der Waals surface area contributed by atoms with Crippen molar-refractivity contribution >= 4 is 23.7 Å². The van der Waals surface area contributed by atoms with E-state index in [1.807, 2.05) is 18.2 Å². The highest BCUT2D eigenvalue weighted by molar-refractivity contribution is 7.99. The minimum absolute atomic E-state index is 0.0939. The van der Waals surface area contributed by atoms with E-state index in [-0.39, 0.29) is 18.5 Å². The molecular weight excluding hydrogens is 430 g/mol. The average molecular weight is 460 g/mol. The molecule has 1 aliphatic carbocycles. The highest BCUT2D eigenvalue weighted by Gasteiger charge is 2.28. The van der Waals surface area contributed by atoms with Gasteiger partial charge >= 0.3 is 6.03 Å². The van der Waals surface area contributed by atoms with Gasteiger partial charge in [0.25, 0.3) is 0 Å². The Balaban J connectivity index is 1.53. The number of rotatable bonds is 9. The second kappa shape index (κ2) is 10.2. The predicted molar refractivity (Wildman–Crippen MR) is 121 cm³/mol. The van der Waals surface area contributed by atoms with Gasteiger partial charge in [-0.2, -0.15) is 0 Å². The van der Waals surface area contributed by atoms with E-state index in [1.165, 1.54) is 24.2 Å². The molecule has 0 spiro atoms. The second-order valence-electron chi connectivity index (χ2n) is 7.94. The number of thioether (sulfide) groups is 1. The van der Waals surface area contributed by atoms with Crippen molar-refractivity contribution in [2.24, 2.45) is 0 Å². The average Bonchev–Trinajstić information content (AvgIpc) is 3.39. The van der Waals surface area contributed by atoms with Crippen LogP contribution in [0.1, 0.15) is 44.6 Å². The quantitative estimate of drug-likeness (QED) is 0.348. The Morgan fingerprint density at radius 1 is 1.09 bits per heavy atom. The molecule has 2 fully saturated rings. The number of aromatic nitrogens is 3. The molecule has 1 saturated carbocycles. The molecule has 3 amide bonds. The maximum Gasteiger partial charge on any atom is 0.324 e. The molecule has 2 aromatic rings. The number of urea groups is 1. The van der Waals surface area contributed by atoms with Crippen molar-refractivity contribution in [1.82, 2.24) is 25.0 Å². The number of ether oxygens (including phenoxy) is 2. The molecule has 2 heterocycles. The number of hydrogen-bond acceptors (Lipinski definition) is 7. The highest BCUT2D eigenvalue weighted by atomic mass is 32.2. The molecule has 1 N–H and O–H groups in total. The molecule has 2 aliphatic rings. The molecule has 1 saturated heterocycles. The van der Waals surface area contributed by atoms with E-state index >= 15 is 0 Å². The van der Waals surface area contributed by atoms with Crippen LogP contribution in [0.2, 0.25) is 0 Å². The van der Waals surface area contributed by atoms with Gasteiger partial charge in [-0.25, -0.2) is 4.79 Å². The van der Waals surface area contributed by atoms with Gasteiger partial charge in [0.1, 0.15) is 0 Å². The van der Waals surface area contributed by atoms with Crippen LogP contribution in [0.3, 0.4) is 0 Å². The number of imide groups is 1. The summed E-state index contributed by atoms with van der Waals surface area (Å²) in [5.74, 6) is 2.74. The first kappa shape index (κ1) is 22.4. The summed E-state index contributed by atoms with van der Waals surface area (Å²) in [6.45, 7) is 0.508. The van der Waals surface area contributed by atoms with Crippen molar-refractivity contribution in [3.63, 3.8) is 0 Å². The monoisotopic (exact) mass is 459 g/mol. The molecule has 1 aromatic carbocycles. The van der Waals surface area contributed by atoms with Crippen molar-refractivity contribution < 1.29 is 19.1 Å². The summed E-state index contributed by atoms with van der Waals surface area (Å²) < 4.78 is 13.1. The molecular formula is C22H29N5O4S. The fourth-order valence-electron chi connectivity index (χ4n) is 4.28. The topological polar surface area (TPSA) is 98.6 Å². The van der Waals surface area contributed by atoms with Crippen LogP contribution in [0.4, 0.5) is 4.79 Å². The Labute approximate surface area is 191 Å². The van der Waals surface area contributed by atoms with E-state index in [4.69, 9.17) is 9.47 Å². The van der Waals surface area contributed by atoms with E-state index in [2.05, 4.69) is 20.1 Å². The van der Waals surface area contributed by atoms with Gasteiger partial charge in [-0.15, -0.1) is 10.2 Å². The van der Waals surface area contributed by atoms with Crippen molar-refractivity contribution in [3.05, 3.63) is 18.2 Å². The number of hydrogen-bond donors (Lipinski definition) is 1. The molecule has 1 aliphatic heterocycles. The lowest BCUT2D eigenvalue weighted by Crippen LogP contribution is -2.32. The van der Waals surface area contributed by atoms with Crippen LogP contribution in [0, 0.1) is 0 Å². The fourth-order valence-corrected chi connectivity index (χ4v) is 5.21. The van der Waals surface area contributed by atoms with Crippen LogP contribution >= 0.6 is 11.8 Å². The van der Waals surface area contributed by atoms with Crippen LogP contribution in [0.5, 0.6) is 11.5 Å². The van der Waals surface area contributed by atoms with Crippen molar-refractivity contribution in [2.75, 3.05) is 33.1 Å². The van der Waals surface area contributed by atoms with Crippen molar-refractivity contribution in [1.29, 1.82) is 0 Å². The normalized spacial score (nSPS) is 17.0. The lowest BCUT2D eigenvalue weighted by molar-refractivity contribution is -0.124. The number of nitrogens with one attached hydrogen (secondary N) is 1. The fraction of sp³-hybridized carbons (Fsp3) is 0.545. The van der Waals surface area contributed by atoms with E-state index in [0.29, 0.717) is 30.5 Å². The Kier molecular flexibility index (Phi) is 7.19. The van der Waals surface area contributed by atoms with Gasteiger partial charge in [0.2, 0.25) is 5.91 Å². The predicted octanol–water partition coefficient (Wildman–Crippen LogP) is 3.50. The Morgan fingerprint density at radius 2 is 1.88 bits per heavy atom. The molecule has 9 nitrogen and oxygen atoms in total. The zero-order valence-electron chi connectivity index (χ0n) is 18.5. The molecule has 0 radical (unpaired) electrons. The van der Waals surface area contributed by atoms with Gasteiger partial charge in [0.05, 0.1) is 20.8 Å². The van der Waals surface area contributed by atoms with Gasteiger partial charge in [0.15, 0.2) is 22.5 Å². The van der Waals surface area contributed by atoms with Crippen LogP contribution in [-0.4, -0.2) is 64.7 Å². The number of carbonyl (C=O) groups is 2. The molecule has 0 atom stereocenters. The first-order valence-corrected chi connectivity index (χ1v) is 12.0. The SMILES string of the molecule is COc1ccc(-c2nnc(SCCCN3C(=O)CNC3=O)n2C2CCCCC2)cc1OC. The molecule has 172 valence electrons. The first-order chi connectivity index (χ1) is 15.6. The summed E-state index contributed by atoms with van der Waals surface area (Å²) in [4.78, 5) is 24.7. The zero-order chi connectivity index (χ0) is 22.5. The maximum absolute atomic E-state index is 11.8. The van der Waals surface area contributed by atoms with E-state index in [1.54, 1.807) is 26.0 Å². The lowest BCUT2D eigenvalue weighted by Gasteiger charge is -2.25. The largest absolute Gasteiger partial charge is 0.493 e. The first-order valence-electron chi connectivity index (χ1n) is 11.0. The molecule has 0 unspecified atom stereocenters. The summed E-state index contributed by atoms with van der Waals surface area (Å²) >= 11 is 1.62. The van der Waals surface area contributed by atoms with Crippen molar-refractivity contribution in [3.8, 4) is 22.9 Å². The van der Waals surface area contributed by atoms with Crippen LogP contribution in [-0.2, 0) is 4.79 Å². The number of nitrogens with zero attached hydrogens (tertiary/aromatic N) is 4. The molecule has 10 heteroatoms. The van der Waals surface area contributed by atoms with Crippen molar-refractivity contribution in [2.45, 2.75) is 49.7 Å². The zero-order valence-corrected chi connectivity index (χ0v) is 19.3. The molecule has 0 bridgehead atoms. The summed E-state index contributed by atoms with van der Waals surface area (Å²) in [6, 6.07) is 5.86. The summed E-state index contributed by atoms with van der Waals surface area (Å²) in [6.07, 6.45) is 6.57. The number of amides is 3. The van der Waals surface area contributed by atoms with E-state index in [0.717, 1.165) is 35.1 Å². The maximum atomic E-state index is 11.8. The van der Waals surface area contributed by atoms with Crippen LogP contribution in [0.15, 0.2) is 23.4 Å². The van der Waals surface area contributed by atoms with Crippen LogP contribution in [0.25, 0.3) is 11.4 Å². The van der Waals surface area contributed by atoms with Gasteiger partial charge in [0, 0.05) is 23.9 Å². The standard InChI is InChI=1S/C22H29N5O4S/c1-30-17-10-9-15(13-18(17)31-2)20-24-25-22(27(20)16-7-4-3-5-8-16)32-12-6-11-26-19(28)14-23-21(26)29/h9-10,13,16H,3-8,11-12,14H2,1-2H3,(H,23,29). The van der Waals surface area contributed by atoms with E-state index in [9.17, 15) is 9.59 Å². The lowest BCUT2D eigenvalue weighted by atomic mass is 9.95. The third-order valence-corrected chi connectivity index (χ3v) is 6.97. The van der Waals surface area contributed by atoms with Gasteiger partial charge in [-0.05, 0) is 37.5 Å². The summed E-state index contributed by atoms with van der Waals surface area (Å²) in [5, 5.41) is 12.5. The highest BCUT2D eigenvalue weighted by Crippen LogP contribution is 2.38. The Morgan fingerprint density at radius 3 is 2.56 bits per heavy atom. The second-order valence-corrected chi connectivity index (χ2v) is 9.01.